The lowest BCUT2D eigenvalue weighted by atomic mass is 9.93. The van der Waals surface area contributed by atoms with Crippen LogP contribution in [0.2, 0.25) is 0 Å². The zero-order valence-corrected chi connectivity index (χ0v) is 4.28. The van der Waals surface area contributed by atoms with E-state index in [1.807, 2.05) is 0 Å². The maximum absolute atomic E-state index is 3.34. The van der Waals surface area contributed by atoms with E-state index < -0.39 is 0 Å². The fourth-order valence-electron chi connectivity index (χ4n) is 1.30. The molecule has 1 atom stereocenters. The maximum atomic E-state index is 3.34. The van der Waals surface area contributed by atoms with Gasteiger partial charge in [0, 0.05) is 11.7 Å². The van der Waals surface area contributed by atoms with Crippen LogP contribution in [0.15, 0.2) is 11.8 Å². The van der Waals surface area contributed by atoms with Crippen molar-refractivity contribution in [2.45, 2.75) is 25.3 Å². The highest BCUT2D eigenvalue weighted by molar-refractivity contribution is 5.20. The molecule has 0 aromatic rings. The van der Waals surface area contributed by atoms with Gasteiger partial charge in [0.1, 0.15) is 0 Å². The lowest BCUT2D eigenvalue weighted by molar-refractivity contribution is 0.453. The molecule has 2 bridgehead atoms. The second kappa shape index (κ2) is 1.03. The lowest BCUT2D eigenvalue weighted by Gasteiger charge is -2.33. The van der Waals surface area contributed by atoms with Crippen LogP contribution in [-0.4, -0.2) is 6.04 Å². The fraction of sp³-hybridized carbons (Fsp3) is 0.667. The van der Waals surface area contributed by atoms with E-state index in [1.165, 1.54) is 25.0 Å². The Hall–Kier alpha value is -0.460. The molecule has 1 saturated heterocycles. The largest absolute Gasteiger partial charge is 0.382 e. The Balaban J connectivity index is 2.21. The SMILES string of the molecule is C1=C2CCCC1N2. The minimum Gasteiger partial charge on any atom is -0.382 e. The van der Waals surface area contributed by atoms with Gasteiger partial charge in [-0.2, -0.15) is 0 Å². The summed E-state index contributed by atoms with van der Waals surface area (Å²) in [5, 5.41) is 3.34. The van der Waals surface area contributed by atoms with Crippen LogP contribution in [0.4, 0.5) is 0 Å². The first-order valence-electron chi connectivity index (χ1n) is 2.92. The summed E-state index contributed by atoms with van der Waals surface area (Å²) >= 11 is 0. The molecule has 0 amide bonds. The van der Waals surface area contributed by atoms with Crippen LogP contribution in [0.3, 0.4) is 0 Å². The summed E-state index contributed by atoms with van der Waals surface area (Å²) in [5.41, 5.74) is 1.48. The van der Waals surface area contributed by atoms with Gasteiger partial charge in [0.2, 0.25) is 0 Å². The van der Waals surface area contributed by atoms with Gasteiger partial charge in [-0.15, -0.1) is 0 Å². The predicted molar refractivity (Wildman–Crippen MR) is 28.9 cm³/mol. The van der Waals surface area contributed by atoms with Gasteiger partial charge in [-0.3, -0.25) is 0 Å². The zero-order valence-electron chi connectivity index (χ0n) is 4.28. The smallest absolute Gasteiger partial charge is 0.0460 e. The van der Waals surface area contributed by atoms with Gasteiger partial charge in [-0.25, -0.2) is 0 Å². The minimum atomic E-state index is 0.767. The van der Waals surface area contributed by atoms with E-state index in [0.29, 0.717) is 0 Å². The van der Waals surface area contributed by atoms with Crippen molar-refractivity contribution in [3.05, 3.63) is 11.8 Å². The Morgan fingerprint density at radius 3 is 2.71 bits per heavy atom. The summed E-state index contributed by atoms with van der Waals surface area (Å²) in [6, 6.07) is 0.767. The van der Waals surface area contributed by atoms with E-state index in [1.54, 1.807) is 0 Å². The Bertz CT molecular complexity index is 115. The van der Waals surface area contributed by atoms with Crippen molar-refractivity contribution >= 4 is 0 Å². The highest BCUT2D eigenvalue weighted by Crippen LogP contribution is 2.24. The fourth-order valence-corrected chi connectivity index (χ4v) is 1.30. The molecule has 2 aliphatic heterocycles. The highest BCUT2D eigenvalue weighted by Gasteiger charge is 2.21. The van der Waals surface area contributed by atoms with Gasteiger partial charge < -0.3 is 5.32 Å². The van der Waals surface area contributed by atoms with Crippen molar-refractivity contribution in [3.8, 4) is 0 Å². The van der Waals surface area contributed by atoms with Crippen LogP contribution < -0.4 is 5.32 Å². The van der Waals surface area contributed by atoms with Gasteiger partial charge >= 0.3 is 0 Å². The number of piperidine rings is 1. The monoisotopic (exact) mass is 95.1 g/mol. The summed E-state index contributed by atoms with van der Waals surface area (Å²) in [4.78, 5) is 0. The van der Waals surface area contributed by atoms with E-state index >= 15 is 0 Å². The van der Waals surface area contributed by atoms with E-state index in [-0.39, 0.29) is 0 Å². The van der Waals surface area contributed by atoms with Crippen molar-refractivity contribution < 1.29 is 0 Å². The van der Waals surface area contributed by atoms with E-state index in [9.17, 15) is 0 Å². The Morgan fingerprint density at radius 2 is 2.57 bits per heavy atom. The molecule has 0 saturated carbocycles. The van der Waals surface area contributed by atoms with E-state index in [0.717, 1.165) is 6.04 Å². The van der Waals surface area contributed by atoms with Gasteiger partial charge in [0.25, 0.3) is 0 Å². The van der Waals surface area contributed by atoms with Crippen molar-refractivity contribution in [1.29, 1.82) is 0 Å². The van der Waals surface area contributed by atoms with Crippen molar-refractivity contribution in [1.82, 2.24) is 5.32 Å². The van der Waals surface area contributed by atoms with Crippen LogP contribution in [0.25, 0.3) is 0 Å². The maximum Gasteiger partial charge on any atom is 0.0460 e. The summed E-state index contributed by atoms with van der Waals surface area (Å²) in [6.07, 6.45) is 6.41. The molecule has 1 aliphatic carbocycles. The quantitative estimate of drug-likeness (QED) is 0.473. The Kier molecular flexibility index (Phi) is 0.518. The third kappa shape index (κ3) is 0.379. The van der Waals surface area contributed by atoms with Crippen molar-refractivity contribution in [2.75, 3.05) is 0 Å². The second-order valence-corrected chi connectivity index (χ2v) is 2.33. The predicted octanol–water partition coefficient (Wildman–Crippen LogP) is 1.03. The molecule has 1 N–H and O–H groups in total. The minimum absolute atomic E-state index is 0.767. The third-order valence-corrected chi connectivity index (χ3v) is 1.73. The van der Waals surface area contributed by atoms with Crippen molar-refractivity contribution in [3.63, 3.8) is 0 Å². The number of allylic oxidation sites excluding steroid dienone is 1. The summed E-state index contributed by atoms with van der Waals surface area (Å²) < 4.78 is 0. The molecule has 1 unspecified atom stereocenters. The molecular weight excluding hydrogens is 86.1 g/mol. The molecule has 38 valence electrons. The average molecular weight is 95.1 g/mol. The molecule has 1 nitrogen and oxygen atoms in total. The normalized spacial score (nSPS) is 35.4. The summed E-state index contributed by atoms with van der Waals surface area (Å²) in [7, 11) is 0. The Morgan fingerprint density at radius 1 is 1.71 bits per heavy atom. The second-order valence-electron chi connectivity index (χ2n) is 2.33. The molecule has 1 heteroatoms. The Labute approximate surface area is 43.4 Å². The zero-order chi connectivity index (χ0) is 4.69. The topological polar surface area (TPSA) is 12.0 Å². The first-order valence-corrected chi connectivity index (χ1v) is 2.92. The lowest BCUT2D eigenvalue weighted by Crippen LogP contribution is -2.39. The van der Waals surface area contributed by atoms with Gasteiger partial charge in [0.15, 0.2) is 0 Å². The van der Waals surface area contributed by atoms with Crippen LogP contribution in [0, 0.1) is 0 Å². The first-order chi connectivity index (χ1) is 3.45. The van der Waals surface area contributed by atoms with Gasteiger partial charge in [-0.1, -0.05) is 0 Å². The van der Waals surface area contributed by atoms with Crippen LogP contribution in [0.5, 0.6) is 0 Å². The van der Waals surface area contributed by atoms with Crippen LogP contribution in [-0.2, 0) is 0 Å². The molecule has 0 aromatic carbocycles. The molecule has 0 aromatic heterocycles. The molecular formula is C6H9N. The molecule has 0 spiro atoms. The van der Waals surface area contributed by atoms with Gasteiger partial charge in [0.05, 0.1) is 0 Å². The van der Waals surface area contributed by atoms with Crippen molar-refractivity contribution in [2.24, 2.45) is 0 Å². The molecule has 3 aliphatic rings. The van der Waals surface area contributed by atoms with Crippen LogP contribution in [0.1, 0.15) is 19.3 Å². The summed E-state index contributed by atoms with van der Waals surface area (Å²) in [5.74, 6) is 0. The average Bonchev–Trinajstić information content (AvgIpc) is 1.67. The number of fused-ring (bicyclic) bond motifs is 2. The molecule has 3 rings (SSSR count). The third-order valence-electron chi connectivity index (χ3n) is 1.73. The number of hydrogen-bond acceptors (Lipinski definition) is 1. The van der Waals surface area contributed by atoms with E-state index in [2.05, 4.69) is 11.4 Å². The molecule has 0 radical (unpaired) electrons. The van der Waals surface area contributed by atoms with Gasteiger partial charge in [-0.05, 0) is 25.3 Å². The summed E-state index contributed by atoms with van der Waals surface area (Å²) in [6.45, 7) is 0. The number of rotatable bonds is 0. The van der Waals surface area contributed by atoms with E-state index in [4.69, 9.17) is 0 Å². The van der Waals surface area contributed by atoms with Crippen LogP contribution >= 0.6 is 0 Å². The highest BCUT2D eigenvalue weighted by atomic mass is 15.0. The standard InChI is InChI=1S/C6H9N/c1-2-5-4-6(3-1)7-5/h4-5,7H,1-3H2. The molecule has 2 heterocycles. The first kappa shape index (κ1) is 3.53. The number of hydrogen-bond donors (Lipinski definition) is 1. The molecule has 7 heavy (non-hydrogen) atoms. The number of nitrogens with one attached hydrogen (secondary N) is 1. The molecule has 1 fully saturated rings.